The molecule has 1 atom stereocenters. The molecule has 1 rings (SSSR count). The first-order chi connectivity index (χ1) is 7.29. The van der Waals surface area contributed by atoms with Crippen molar-refractivity contribution in [2.24, 2.45) is 0 Å². The van der Waals surface area contributed by atoms with E-state index >= 15 is 0 Å². The van der Waals surface area contributed by atoms with Gasteiger partial charge in [-0.1, -0.05) is 6.42 Å². The van der Waals surface area contributed by atoms with Crippen molar-refractivity contribution in [3.63, 3.8) is 0 Å². The van der Waals surface area contributed by atoms with Crippen LogP contribution in [0.1, 0.15) is 38.5 Å². The second-order valence-corrected chi connectivity index (χ2v) is 4.07. The zero-order valence-corrected chi connectivity index (χ0v) is 9.21. The van der Waals surface area contributed by atoms with E-state index in [0.717, 1.165) is 39.0 Å². The number of carbonyl (C=O) groups is 1. The lowest BCUT2D eigenvalue weighted by Crippen LogP contribution is -2.26. The third kappa shape index (κ3) is 6.47. The Kier molecular flexibility index (Phi) is 6.36. The van der Waals surface area contributed by atoms with E-state index in [-0.39, 0.29) is 6.42 Å². The molecule has 2 N–H and O–H groups in total. The molecule has 0 amide bonds. The minimum Gasteiger partial charge on any atom is -0.481 e. The van der Waals surface area contributed by atoms with Crippen LogP contribution >= 0.6 is 0 Å². The van der Waals surface area contributed by atoms with Gasteiger partial charge >= 0.3 is 5.97 Å². The second-order valence-electron chi connectivity index (χ2n) is 4.07. The molecule has 1 aliphatic rings. The fourth-order valence-corrected chi connectivity index (χ4v) is 1.78. The zero-order chi connectivity index (χ0) is 10.9. The molecule has 0 aromatic heterocycles. The van der Waals surface area contributed by atoms with Crippen molar-refractivity contribution in [1.29, 1.82) is 0 Å². The summed E-state index contributed by atoms with van der Waals surface area (Å²) >= 11 is 0. The van der Waals surface area contributed by atoms with E-state index in [1.165, 1.54) is 12.8 Å². The van der Waals surface area contributed by atoms with Gasteiger partial charge in [-0.15, -0.1) is 0 Å². The van der Waals surface area contributed by atoms with Gasteiger partial charge in [0.15, 0.2) is 0 Å². The lowest BCUT2D eigenvalue weighted by Gasteiger charge is -2.10. The predicted molar refractivity (Wildman–Crippen MR) is 57.9 cm³/mol. The minimum absolute atomic E-state index is 0.282. The van der Waals surface area contributed by atoms with Crippen LogP contribution in [-0.2, 0) is 9.53 Å². The maximum atomic E-state index is 10.2. The van der Waals surface area contributed by atoms with Crippen molar-refractivity contribution in [2.45, 2.75) is 44.6 Å². The van der Waals surface area contributed by atoms with Crippen LogP contribution in [0.5, 0.6) is 0 Å². The first-order valence-electron chi connectivity index (χ1n) is 5.82. The van der Waals surface area contributed by atoms with Gasteiger partial charge in [-0.05, 0) is 32.2 Å². The fraction of sp³-hybridized carbons (Fsp3) is 0.909. The first kappa shape index (κ1) is 12.5. The molecule has 0 aliphatic carbocycles. The molecule has 4 heteroatoms. The topological polar surface area (TPSA) is 58.6 Å². The van der Waals surface area contributed by atoms with Crippen molar-refractivity contribution >= 4 is 5.97 Å². The van der Waals surface area contributed by atoms with Crippen molar-refractivity contribution in [1.82, 2.24) is 5.32 Å². The molecular formula is C11H21NO3. The highest BCUT2D eigenvalue weighted by atomic mass is 16.5. The standard InChI is InChI=1S/C11H21NO3/c13-11(14)6-2-1-3-8-15-9-10-5-4-7-12-10/h10,12H,1-9H2,(H,13,14)/t10-/m0/s1. The highest BCUT2D eigenvalue weighted by Gasteiger charge is 2.13. The Morgan fingerprint density at radius 3 is 2.93 bits per heavy atom. The average Bonchev–Trinajstić information content (AvgIpc) is 2.68. The summed E-state index contributed by atoms with van der Waals surface area (Å²) in [5, 5.41) is 11.8. The molecule has 1 aliphatic heterocycles. The third-order valence-corrected chi connectivity index (χ3v) is 2.66. The van der Waals surface area contributed by atoms with Crippen LogP contribution in [0, 0.1) is 0 Å². The third-order valence-electron chi connectivity index (χ3n) is 2.66. The average molecular weight is 215 g/mol. The maximum Gasteiger partial charge on any atom is 0.303 e. The summed E-state index contributed by atoms with van der Waals surface area (Å²) in [6.07, 6.45) is 5.45. The molecule has 1 fully saturated rings. The molecule has 1 heterocycles. The molecule has 0 spiro atoms. The molecule has 0 bridgehead atoms. The Morgan fingerprint density at radius 1 is 1.40 bits per heavy atom. The highest BCUT2D eigenvalue weighted by Crippen LogP contribution is 2.06. The van der Waals surface area contributed by atoms with Crippen molar-refractivity contribution in [2.75, 3.05) is 19.8 Å². The number of hydrogen-bond donors (Lipinski definition) is 2. The minimum atomic E-state index is -0.703. The van der Waals surface area contributed by atoms with E-state index in [9.17, 15) is 4.79 Å². The Balaban J connectivity index is 1.78. The number of nitrogens with one attached hydrogen (secondary N) is 1. The lowest BCUT2D eigenvalue weighted by molar-refractivity contribution is -0.137. The monoisotopic (exact) mass is 215 g/mol. The molecular weight excluding hydrogens is 194 g/mol. The van der Waals surface area contributed by atoms with Crippen LogP contribution < -0.4 is 5.32 Å². The summed E-state index contributed by atoms with van der Waals surface area (Å²) in [5.41, 5.74) is 0. The SMILES string of the molecule is O=C(O)CCCCCOC[C@@H]1CCCN1. The van der Waals surface area contributed by atoms with E-state index < -0.39 is 5.97 Å². The molecule has 1 saturated heterocycles. The summed E-state index contributed by atoms with van der Waals surface area (Å²) in [7, 11) is 0. The number of hydrogen-bond acceptors (Lipinski definition) is 3. The number of carboxylic acid groups (broad SMARTS) is 1. The second kappa shape index (κ2) is 7.65. The zero-order valence-electron chi connectivity index (χ0n) is 9.21. The van der Waals surface area contributed by atoms with Gasteiger partial charge in [0.2, 0.25) is 0 Å². The highest BCUT2D eigenvalue weighted by molar-refractivity contribution is 5.66. The van der Waals surface area contributed by atoms with Gasteiger partial charge in [-0.25, -0.2) is 0 Å². The van der Waals surface area contributed by atoms with Crippen LogP contribution in [0.2, 0.25) is 0 Å². The predicted octanol–water partition coefficient (Wildman–Crippen LogP) is 1.40. The van der Waals surface area contributed by atoms with E-state index in [0.29, 0.717) is 6.04 Å². The molecule has 0 unspecified atom stereocenters. The number of aliphatic carboxylic acids is 1. The molecule has 0 radical (unpaired) electrons. The number of rotatable bonds is 8. The molecule has 0 aromatic carbocycles. The maximum absolute atomic E-state index is 10.2. The van der Waals surface area contributed by atoms with E-state index in [2.05, 4.69) is 5.32 Å². The van der Waals surface area contributed by atoms with Gasteiger partial charge in [-0.2, -0.15) is 0 Å². The lowest BCUT2D eigenvalue weighted by atomic mass is 10.2. The van der Waals surface area contributed by atoms with Gasteiger partial charge in [0.25, 0.3) is 0 Å². The van der Waals surface area contributed by atoms with Crippen molar-refractivity contribution < 1.29 is 14.6 Å². The van der Waals surface area contributed by atoms with Crippen LogP contribution in [0.3, 0.4) is 0 Å². The molecule has 0 aromatic rings. The number of ether oxygens (including phenoxy) is 1. The van der Waals surface area contributed by atoms with Gasteiger partial charge in [-0.3, -0.25) is 4.79 Å². The van der Waals surface area contributed by atoms with Gasteiger partial charge in [0.1, 0.15) is 0 Å². The summed E-state index contributed by atoms with van der Waals surface area (Å²) in [6.45, 7) is 2.68. The summed E-state index contributed by atoms with van der Waals surface area (Å²) in [4.78, 5) is 10.2. The van der Waals surface area contributed by atoms with E-state index in [1.807, 2.05) is 0 Å². The van der Waals surface area contributed by atoms with Crippen molar-refractivity contribution in [3.8, 4) is 0 Å². The summed E-state index contributed by atoms with van der Waals surface area (Å²) < 4.78 is 5.51. The van der Waals surface area contributed by atoms with Crippen LogP contribution in [0.25, 0.3) is 0 Å². The van der Waals surface area contributed by atoms with E-state index in [1.54, 1.807) is 0 Å². The molecule has 88 valence electrons. The first-order valence-corrected chi connectivity index (χ1v) is 5.82. The quantitative estimate of drug-likeness (QED) is 0.601. The number of unbranched alkanes of at least 4 members (excludes halogenated alkanes) is 2. The largest absolute Gasteiger partial charge is 0.481 e. The summed E-state index contributed by atoms with van der Waals surface area (Å²) in [5.74, 6) is -0.703. The van der Waals surface area contributed by atoms with Gasteiger partial charge in [0, 0.05) is 19.1 Å². The Morgan fingerprint density at radius 2 is 2.27 bits per heavy atom. The van der Waals surface area contributed by atoms with Crippen LogP contribution in [0.4, 0.5) is 0 Å². The van der Waals surface area contributed by atoms with Gasteiger partial charge in [0.05, 0.1) is 6.61 Å². The Bertz CT molecular complexity index is 179. The molecule has 15 heavy (non-hydrogen) atoms. The molecule has 0 saturated carbocycles. The van der Waals surface area contributed by atoms with Crippen LogP contribution in [-0.4, -0.2) is 36.9 Å². The van der Waals surface area contributed by atoms with Crippen molar-refractivity contribution in [3.05, 3.63) is 0 Å². The smallest absolute Gasteiger partial charge is 0.303 e. The normalized spacial score (nSPS) is 20.7. The molecule has 4 nitrogen and oxygen atoms in total. The Hall–Kier alpha value is -0.610. The van der Waals surface area contributed by atoms with E-state index in [4.69, 9.17) is 9.84 Å². The Labute approximate surface area is 91.0 Å². The summed E-state index contributed by atoms with van der Waals surface area (Å²) in [6, 6.07) is 0.545. The van der Waals surface area contributed by atoms with Crippen LogP contribution in [0.15, 0.2) is 0 Å². The fourth-order valence-electron chi connectivity index (χ4n) is 1.78. The van der Waals surface area contributed by atoms with Gasteiger partial charge < -0.3 is 15.2 Å². The number of carboxylic acids is 1.